The van der Waals surface area contributed by atoms with Gasteiger partial charge in [-0.15, -0.1) is 0 Å². The molecule has 0 bridgehead atoms. The van der Waals surface area contributed by atoms with Gasteiger partial charge in [0.25, 0.3) is 5.91 Å². The monoisotopic (exact) mass is 456 g/mol. The third-order valence-corrected chi connectivity index (χ3v) is 4.97. The predicted molar refractivity (Wildman–Crippen MR) is 101 cm³/mol. The lowest BCUT2D eigenvalue weighted by atomic mass is 10.2. The molecule has 0 unspecified atom stereocenters. The fraction of sp³-hybridized carbons (Fsp3) is 0.0625. The van der Waals surface area contributed by atoms with E-state index < -0.39 is 5.91 Å². The number of carbonyl (C=O) groups is 1. The summed E-state index contributed by atoms with van der Waals surface area (Å²) in [6.07, 6.45) is 0. The Hall–Kier alpha value is -1.51. The molecule has 1 aromatic heterocycles. The quantitative estimate of drug-likeness (QED) is 0.609. The van der Waals surface area contributed by atoms with E-state index in [1.54, 1.807) is 18.2 Å². The number of rotatable bonds is 3. The molecule has 0 aliphatic carbocycles. The molecule has 1 heterocycles. The van der Waals surface area contributed by atoms with Gasteiger partial charge in [0.15, 0.2) is 5.69 Å². The number of nitrogens with zero attached hydrogens (tertiary/aromatic N) is 1. The molecular weight excluding hydrogens is 447 g/mol. The Morgan fingerprint density at radius 3 is 2.70 bits per heavy atom. The van der Waals surface area contributed by atoms with Crippen LogP contribution in [0.4, 0.5) is 0 Å². The topological polar surface area (TPSA) is 59.1 Å². The molecule has 3 aromatic rings. The van der Waals surface area contributed by atoms with E-state index in [2.05, 4.69) is 32.3 Å². The molecule has 4 nitrogen and oxygen atoms in total. The lowest BCUT2D eigenvalue weighted by molar-refractivity contribution is 0.0946. The van der Waals surface area contributed by atoms with Crippen molar-refractivity contribution in [3.63, 3.8) is 0 Å². The molecule has 3 rings (SSSR count). The Labute approximate surface area is 154 Å². The SMILES string of the molecule is O=C(NCc1ccc(Cl)cc1)c1nsc2ccc(I)cc2c1=O. The van der Waals surface area contributed by atoms with Crippen LogP contribution in [0.25, 0.3) is 10.1 Å². The normalized spacial score (nSPS) is 10.7. The Bertz CT molecular complexity index is 941. The van der Waals surface area contributed by atoms with Gasteiger partial charge in [-0.25, -0.2) is 0 Å². The second kappa shape index (κ2) is 6.94. The molecular formula is C16H10ClIN2O2S. The van der Waals surface area contributed by atoms with Crippen LogP contribution in [0.2, 0.25) is 5.02 Å². The number of fused-ring (bicyclic) bond motifs is 1. The van der Waals surface area contributed by atoms with Crippen LogP contribution >= 0.6 is 45.7 Å². The number of hydrogen-bond donors (Lipinski definition) is 1. The van der Waals surface area contributed by atoms with E-state index in [0.29, 0.717) is 17.0 Å². The minimum atomic E-state index is -0.470. The van der Waals surface area contributed by atoms with Crippen LogP contribution in [0, 0.1) is 3.57 Å². The van der Waals surface area contributed by atoms with Crippen LogP contribution in [-0.4, -0.2) is 10.3 Å². The lowest BCUT2D eigenvalue weighted by Gasteiger charge is -2.05. The van der Waals surface area contributed by atoms with Crippen molar-refractivity contribution in [3.8, 4) is 0 Å². The molecule has 0 aliphatic rings. The zero-order chi connectivity index (χ0) is 16.4. The van der Waals surface area contributed by atoms with Crippen molar-refractivity contribution in [1.29, 1.82) is 0 Å². The van der Waals surface area contributed by atoms with E-state index in [9.17, 15) is 9.59 Å². The molecule has 0 aliphatic heterocycles. The van der Waals surface area contributed by atoms with E-state index in [0.717, 1.165) is 25.4 Å². The van der Waals surface area contributed by atoms with E-state index in [4.69, 9.17) is 11.6 Å². The summed E-state index contributed by atoms with van der Waals surface area (Å²) in [5.74, 6) is -0.470. The molecule has 23 heavy (non-hydrogen) atoms. The van der Waals surface area contributed by atoms with Crippen molar-refractivity contribution in [1.82, 2.24) is 9.69 Å². The summed E-state index contributed by atoms with van der Waals surface area (Å²) in [5.41, 5.74) is 0.485. The van der Waals surface area contributed by atoms with Gasteiger partial charge in [0, 0.05) is 20.5 Å². The number of hydrogen-bond acceptors (Lipinski definition) is 4. The largest absolute Gasteiger partial charge is 0.346 e. The zero-order valence-electron chi connectivity index (χ0n) is 11.7. The molecule has 0 radical (unpaired) electrons. The molecule has 0 atom stereocenters. The third-order valence-electron chi connectivity index (χ3n) is 3.22. The molecule has 0 fully saturated rings. The number of carbonyl (C=O) groups excluding carboxylic acids is 1. The van der Waals surface area contributed by atoms with Gasteiger partial charge in [0.05, 0.1) is 4.70 Å². The summed E-state index contributed by atoms with van der Waals surface area (Å²) < 4.78 is 5.77. The van der Waals surface area contributed by atoms with Gasteiger partial charge >= 0.3 is 0 Å². The van der Waals surface area contributed by atoms with Crippen LogP contribution in [0.15, 0.2) is 47.3 Å². The number of benzene rings is 2. The number of halogens is 2. The van der Waals surface area contributed by atoms with Gasteiger partial charge in [-0.05, 0) is 70.0 Å². The van der Waals surface area contributed by atoms with Gasteiger partial charge in [-0.2, -0.15) is 4.37 Å². The Balaban J connectivity index is 1.84. The molecule has 0 spiro atoms. The van der Waals surface area contributed by atoms with Crippen LogP contribution in [0.1, 0.15) is 16.1 Å². The molecule has 1 amide bonds. The maximum absolute atomic E-state index is 12.4. The standard InChI is InChI=1S/C16H10ClIN2O2S/c17-10-3-1-9(2-4-10)8-19-16(22)14-15(21)12-7-11(18)5-6-13(12)23-20-14/h1-7H,8H2,(H,19,22). The summed E-state index contributed by atoms with van der Waals surface area (Å²) >= 11 is 9.10. The first-order valence-electron chi connectivity index (χ1n) is 6.66. The third kappa shape index (κ3) is 3.70. The first-order chi connectivity index (χ1) is 11.0. The average Bonchev–Trinajstić information content (AvgIpc) is 2.55. The lowest BCUT2D eigenvalue weighted by Crippen LogP contribution is -2.29. The Morgan fingerprint density at radius 2 is 1.96 bits per heavy atom. The Kier molecular flexibility index (Phi) is 4.93. The molecule has 7 heteroatoms. The highest BCUT2D eigenvalue weighted by Gasteiger charge is 2.15. The van der Waals surface area contributed by atoms with Crippen molar-refractivity contribution >= 4 is 61.7 Å². The van der Waals surface area contributed by atoms with Gasteiger partial charge in [0.2, 0.25) is 5.43 Å². The summed E-state index contributed by atoms with van der Waals surface area (Å²) in [5, 5.41) is 3.87. The highest BCUT2D eigenvalue weighted by molar-refractivity contribution is 14.1. The van der Waals surface area contributed by atoms with Crippen LogP contribution < -0.4 is 10.7 Å². The smallest absolute Gasteiger partial charge is 0.275 e. The van der Waals surface area contributed by atoms with Crippen molar-refractivity contribution in [2.75, 3.05) is 0 Å². The number of aromatic nitrogens is 1. The first kappa shape index (κ1) is 16.4. The van der Waals surface area contributed by atoms with Gasteiger partial charge in [-0.1, -0.05) is 23.7 Å². The minimum absolute atomic E-state index is 0.0709. The fourth-order valence-electron chi connectivity index (χ4n) is 2.04. The second-order valence-electron chi connectivity index (χ2n) is 4.81. The van der Waals surface area contributed by atoms with E-state index in [1.165, 1.54) is 0 Å². The second-order valence-corrected chi connectivity index (χ2v) is 7.30. The van der Waals surface area contributed by atoms with Crippen molar-refractivity contribution < 1.29 is 4.79 Å². The molecule has 0 saturated carbocycles. The van der Waals surface area contributed by atoms with Crippen molar-refractivity contribution in [2.45, 2.75) is 6.54 Å². The summed E-state index contributed by atoms with van der Waals surface area (Å²) in [4.78, 5) is 24.7. The van der Waals surface area contributed by atoms with Crippen molar-refractivity contribution in [3.05, 3.63) is 72.5 Å². The van der Waals surface area contributed by atoms with Gasteiger partial charge in [-0.3, -0.25) is 9.59 Å². The highest BCUT2D eigenvalue weighted by atomic mass is 127. The molecule has 116 valence electrons. The van der Waals surface area contributed by atoms with Crippen LogP contribution in [0.5, 0.6) is 0 Å². The van der Waals surface area contributed by atoms with Crippen molar-refractivity contribution in [2.24, 2.45) is 0 Å². The van der Waals surface area contributed by atoms with E-state index in [-0.39, 0.29) is 11.1 Å². The zero-order valence-corrected chi connectivity index (χ0v) is 15.4. The predicted octanol–water partition coefficient (Wildman–Crippen LogP) is 3.84. The van der Waals surface area contributed by atoms with Crippen LogP contribution in [0.3, 0.4) is 0 Å². The first-order valence-corrected chi connectivity index (χ1v) is 8.89. The molecule has 0 saturated heterocycles. The summed E-state index contributed by atoms with van der Waals surface area (Å²) in [7, 11) is 0. The van der Waals surface area contributed by atoms with E-state index in [1.807, 2.05) is 24.3 Å². The Morgan fingerprint density at radius 1 is 1.22 bits per heavy atom. The average molecular weight is 457 g/mol. The summed E-state index contributed by atoms with van der Waals surface area (Å²) in [6, 6.07) is 12.7. The maximum Gasteiger partial charge on any atom is 0.275 e. The van der Waals surface area contributed by atoms with Crippen LogP contribution in [-0.2, 0) is 6.54 Å². The van der Waals surface area contributed by atoms with Gasteiger partial charge in [0.1, 0.15) is 0 Å². The minimum Gasteiger partial charge on any atom is -0.346 e. The number of amides is 1. The molecule has 1 N–H and O–H groups in total. The van der Waals surface area contributed by atoms with E-state index >= 15 is 0 Å². The number of nitrogens with one attached hydrogen (secondary N) is 1. The van der Waals surface area contributed by atoms with Gasteiger partial charge < -0.3 is 5.32 Å². The fourth-order valence-corrected chi connectivity index (χ4v) is 3.39. The maximum atomic E-state index is 12.4. The summed E-state index contributed by atoms with van der Waals surface area (Å²) in [6.45, 7) is 0.312. The molecule has 2 aromatic carbocycles. The highest BCUT2D eigenvalue weighted by Crippen LogP contribution is 2.17.